The van der Waals surface area contributed by atoms with Gasteiger partial charge in [-0.05, 0) is 36.8 Å². The standard InChI is InChI=1S/C17H18N2O3/c1-11-3-8-16(21)15(9-11)17(22)18-10-13-4-6-14(7-5-13)19-12(2)20/h3-9,21H,10H2,1-2H3,(H,18,22)(H,19,20). The van der Waals surface area contributed by atoms with Crippen molar-refractivity contribution in [2.75, 3.05) is 5.32 Å². The summed E-state index contributed by atoms with van der Waals surface area (Å²) >= 11 is 0. The van der Waals surface area contributed by atoms with Crippen LogP contribution >= 0.6 is 0 Å². The van der Waals surface area contributed by atoms with Crippen LogP contribution in [0, 0.1) is 6.92 Å². The van der Waals surface area contributed by atoms with E-state index < -0.39 is 0 Å². The Morgan fingerprint density at radius 1 is 1.09 bits per heavy atom. The van der Waals surface area contributed by atoms with E-state index in [1.54, 1.807) is 24.3 Å². The Bertz CT molecular complexity index is 694. The lowest BCUT2D eigenvalue weighted by Gasteiger charge is -2.08. The highest BCUT2D eigenvalue weighted by Crippen LogP contribution is 2.18. The second kappa shape index (κ2) is 6.76. The van der Waals surface area contributed by atoms with E-state index in [0.717, 1.165) is 11.1 Å². The number of carbonyl (C=O) groups is 2. The van der Waals surface area contributed by atoms with E-state index in [1.807, 2.05) is 19.1 Å². The number of carbonyl (C=O) groups excluding carboxylic acids is 2. The van der Waals surface area contributed by atoms with Crippen molar-refractivity contribution in [2.45, 2.75) is 20.4 Å². The Morgan fingerprint density at radius 3 is 2.41 bits per heavy atom. The molecule has 0 spiro atoms. The van der Waals surface area contributed by atoms with Crippen LogP contribution in [0.1, 0.15) is 28.4 Å². The summed E-state index contributed by atoms with van der Waals surface area (Å²) in [6.45, 7) is 3.64. The molecular weight excluding hydrogens is 280 g/mol. The van der Waals surface area contributed by atoms with Gasteiger partial charge in [-0.2, -0.15) is 0 Å². The maximum atomic E-state index is 12.1. The number of rotatable bonds is 4. The van der Waals surface area contributed by atoms with Crippen LogP contribution < -0.4 is 10.6 Å². The van der Waals surface area contributed by atoms with E-state index >= 15 is 0 Å². The molecule has 22 heavy (non-hydrogen) atoms. The summed E-state index contributed by atoms with van der Waals surface area (Å²) in [6, 6.07) is 12.1. The van der Waals surface area contributed by atoms with Crippen LogP contribution in [0.5, 0.6) is 5.75 Å². The molecular formula is C17H18N2O3. The van der Waals surface area contributed by atoms with Gasteiger partial charge in [0, 0.05) is 19.2 Å². The third-order valence-corrected chi connectivity index (χ3v) is 3.12. The second-order valence-corrected chi connectivity index (χ2v) is 5.08. The third-order valence-electron chi connectivity index (χ3n) is 3.12. The van der Waals surface area contributed by atoms with Crippen molar-refractivity contribution in [2.24, 2.45) is 0 Å². The first-order valence-electron chi connectivity index (χ1n) is 6.90. The maximum Gasteiger partial charge on any atom is 0.255 e. The first-order chi connectivity index (χ1) is 10.5. The molecule has 2 rings (SSSR count). The van der Waals surface area contributed by atoms with Gasteiger partial charge in [0.1, 0.15) is 5.75 Å². The first-order valence-corrected chi connectivity index (χ1v) is 6.90. The minimum Gasteiger partial charge on any atom is -0.507 e. The van der Waals surface area contributed by atoms with Crippen molar-refractivity contribution < 1.29 is 14.7 Å². The van der Waals surface area contributed by atoms with Gasteiger partial charge in [0.15, 0.2) is 0 Å². The molecule has 0 aromatic heterocycles. The highest BCUT2D eigenvalue weighted by atomic mass is 16.3. The molecule has 2 aromatic rings. The van der Waals surface area contributed by atoms with Crippen LogP contribution in [0.4, 0.5) is 5.69 Å². The normalized spacial score (nSPS) is 10.1. The summed E-state index contributed by atoms with van der Waals surface area (Å²) < 4.78 is 0. The number of phenolic OH excluding ortho intramolecular Hbond substituents is 1. The molecule has 2 amide bonds. The second-order valence-electron chi connectivity index (χ2n) is 5.08. The van der Waals surface area contributed by atoms with Crippen molar-refractivity contribution in [1.29, 1.82) is 0 Å². The minimum atomic E-state index is -0.327. The number of benzene rings is 2. The molecule has 0 fully saturated rings. The predicted molar refractivity (Wildman–Crippen MR) is 84.8 cm³/mol. The van der Waals surface area contributed by atoms with Gasteiger partial charge in [-0.1, -0.05) is 23.8 Å². The van der Waals surface area contributed by atoms with Crippen LogP contribution in [0.3, 0.4) is 0 Å². The van der Waals surface area contributed by atoms with E-state index in [0.29, 0.717) is 12.2 Å². The number of hydrogen-bond donors (Lipinski definition) is 3. The van der Waals surface area contributed by atoms with Gasteiger partial charge in [0.05, 0.1) is 5.56 Å². The fourth-order valence-corrected chi connectivity index (χ4v) is 2.02. The van der Waals surface area contributed by atoms with Crippen molar-refractivity contribution in [3.05, 3.63) is 59.2 Å². The number of nitrogens with one attached hydrogen (secondary N) is 2. The Morgan fingerprint density at radius 2 is 1.77 bits per heavy atom. The van der Waals surface area contributed by atoms with Crippen LogP contribution in [0.15, 0.2) is 42.5 Å². The molecule has 5 nitrogen and oxygen atoms in total. The molecule has 0 unspecified atom stereocenters. The smallest absolute Gasteiger partial charge is 0.255 e. The number of aryl methyl sites for hydroxylation is 1. The van der Waals surface area contributed by atoms with Crippen LogP contribution in [0.25, 0.3) is 0 Å². The Kier molecular flexibility index (Phi) is 4.78. The zero-order valence-electron chi connectivity index (χ0n) is 12.5. The maximum absolute atomic E-state index is 12.1. The summed E-state index contributed by atoms with van der Waals surface area (Å²) in [6.07, 6.45) is 0. The SMILES string of the molecule is CC(=O)Nc1ccc(CNC(=O)c2cc(C)ccc2O)cc1. The molecule has 0 bridgehead atoms. The van der Waals surface area contributed by atoms with Gasteiger partial charge in [0.2, 0.25) is 5.91 Å². The largest absolute Gasteiger partial charge is 0.507 e. The van der Waals surface area contributed by atoms with Crippen molar-refractivity contribution in [3.63, 3.8) is 0 Å². The van der Waals surface area contributed by atoms with E-state index in [-0.39, 0.29) is 23.1 Å². The molecule has 0 radical (unpaired) electrons. The van der Waals surface area contributed by atoms with E-state index in [4.69, 9.17) is 0 Å². The quantitative estimate of drug-likeness (QED) is 0.812. The number of phenols is 1. The fourth-order valence-electron chi connectivity index (χ4n) is 2.02. The summed E-state index contributed by atoms with van der Waals surface area (Å²) in [5.41, 5.74) is 2.77. The van der Waals surface area contributed by atoms with Gasteiger partial charge in [-0.25, -0.2) is 0 Å². The van der Waals surface area contributed by atoms with E-state index in [2.05, 4.69) is 10.6 Å². The van der Waals surface area contributed by atoms with Gasteiger partial charge < -0.3 is 15.7 Å². The van der Waals surface area contributed by atoms with E-state index in [9.17, 15) is 14.7 Å². The molecule has 3 N–H and O–H groups in total. The lowest BCUT2D eigenvalue weighted by Crippen LogP contribution is -2.23. The molecule has 0 saturated carbocycles. The molecule has 0 aliphatic carbocycles. The zero-order chi connectivity index (χ0) is 16.1. The van der Waals surface area contributed by atoms with Gasteiger partial charge >= 0.3 is 0 Å². The number of amides is 2. The summed E-state index contributed by atoms with van der Waals surface area (Å²) in [5, 5.41) is 15.2. The molecule has 0 saturated heterocycles. The van der Waals surface area contributed by atoms with Crippen molar-refractivity contribution in [3.8, 4) is 5.75 Å². The van der Waals surface area contributed by atoms with Gasteiger partial charge in [0.25, 0.3) is 5.91 Å². The molecule has 5 heteroatoms. The third kappa shape index (κ3) is 4.09. The Labute approximate surface area is 129 Å². The molecule has 0 aliphatic rings. The van der Waals surface area contributed by atoms with Crippen molar-refractivity contribution in [1.82, 2.24) is 5.32 Å². The lowest BCUT2D eigenvalue weighted by atomic mass is 10.1. The predicted octanol–water partition coefficient (Wildman–Crippen LogP) is 2.59. The summed E-state index contributed by atoms with van der Waals surface area (Å²) in [5.74, 6) is -0.493. The number of hydrogen-bond acceptors (Lipinski definition) is 3. The Balaban J connectivity index is 1.99. The number of aromatic hydroxyl groups is 1. The monoisotopic (exact) mass is 298 g/mol. The fraction of sp³-hybridized carbons (Fsp3) is 0.176. The average Bonchev–Trinajstić information content (AvgIpc) is 2.48. The topological polar surface area (TPSA) is 78.4 Å². The molecule has 114 valence electrons. The van der Waals surface area contributed by atoms with Crippen LogP contribution in [-0.4, -0.2) is 16.9 Å². The molecule has 2 aromatic carbocycles. The summed E-state index contributed by atoms with van der Waals surface area (Å²) in [4.78, 5) is 23.0. The summed E-state index contributed by atoms with van der Waals surface area (Å²) in [7, 11) is 0. The Hall–Kier alpha value is -2.82. The minimum absolute atomic E-state index is 0.0379. The number of anilines is 1. The zero-order valence-corrected chi connectivity index (χ0v) is 12.5. The molecule has 0 atom stereocenters. The van der Waals surface area contributed by atoms with Gasteiger partial charge in [-0.3, -0.25) is 9.59 Å². The first kappa shape index (κ1) is 15.6. The average molecular weight is 298 g/mol. The van der Waals surface area contributed by atoms with E-state index in [1.165, 1.54) is 13.0 Å². The highest BCUT2D eigenvalue weighted by Gasteiger charge is 2.10. The van der Waals surface area contributed by atoms with Crippen LogP contribution in [0.2, 0.25) is 0 Å². The highest BCUT2D eigenvalue weighted by molar-refractivity contribution is 5.97. The van der Waals surface area contributed by atoms with Crippen molar-refractivity contribution >= 4 is 17.5 Å². The van der Waals surface area contributed by atoms with Crippen LogP contribution in [-0.2, 0) is 11.3 Å². The van der Waals surface area contributed by atoms with Gasteiger partial charge in [-0.15, -0.1) is 0 Å². The lowest BCUT2D eigenvalue weighted by molar-refractivity contribution is -0.114. The molecule has 0 heterocycles. The molecule has 0 aliphatic heterocycles.